The fourth-order valence-electron chi connectivity index (χ4n) is 3.97. The van der Waals surface area contributed by atoms with Crippen LogP contribution in [0, 0.1) is 24.7 Å². The number of fused-ring (bicyclic) bond motifs is 2. The number of carbonyl (C=O) groups excluding carboxylic acids is 1. The van der Waals surface area contributed by atoms with E-state index in [0.717, 1.165) is 30.3 Å². The average molecular weight is 281 g/mol. The second kappa shape index (κ2) is 4.93. The molecule has 0 N–H and O–H groups in total. The Morgan fingerprint density at radius 2 is 2.21 bits per heavy atom. The maximum Gasteiger partial charge on any atom is 0.142 e. The average Bonchev–Trinajstić information content (AvgIpc) is 3.08. The summed E-state index contributed by atoms with van der Waals surface area (Å²) in [4.78, 5) is 12.5. The van der Waals surface area contributed by atoms with Crippen LogP contribution >= 0.6 is 11.6 Å². The van der Waals surface area contributed by atoms with Crippen LogP contribution in [0.5, 0.6) is 0 Å². The summed E-state index contributed by atoms with van der Waals surface area (Å²) in [6.45, 7) is 4.71. The van der Waals surface area contributed by atoms with Gasteiger partial charge in [0.15, 0.2) is 0 Å². The summed E-state index contributed by atoms with van der Waals surface area (Å²) in [5.41, 5.74) is 1.74. The molecule has 2 saturated carbocycles. The molecule has 3 unspecified atom stereocenters. The van der Waals surface area contributed by atoms with Crippen LogP contribution < -0.4 is 0 Å². The van der Waals surface area contributed by atoms with Gasteiger partial charge in [0.1, 0.15) is 5.78 Å². The van der Waals surface area contributed by atoms with Gasteiger partial charge in [-0.2, -0.15) is 5.10 Å². The maximum atomic E-state index is 12.5. The number of rotatable bonds is 4. The largest absolute Gasteiger partial charge is 0.299 e. The van der Waals surface area contributed by atoms with Gasteiger partial charge in [-0.05, 0) is 44.9 Å². The number of carbonyl (C=O) groups is 1. The van der Waals surface area contributed by atoms with Crippen LogP contribution in [0.1, 0.15) is 44.0 Å². The van der Waals surface area contributed by atoms with Crippen LogP contribution in [0.3, 0.4) is 0 Å². The lowest BCUT2D eigenvalue weighted by Crippen LogP contribution is -2.23. The van der Waals surface area contributed by atoms with E-state index in [-0.39, 0.29) is 5.92 Å². The van der Waals surface area contributed by atoms with Crippen molar-refractivity contribution < 1.29 is 4.79 Å². The Bertz CT molecular complexity index is 508. The molecule has 0 aliphatic heterocycles. The Hall–Kier alpha value is -0.830. The maximum absolute atomic E-state index is 12.5. The molecule has 2 bridgehead atoms. The monoisotopic (exact) mass is 280 g/mol. The minimum atomic E-state index is 0.287. The van der Waals surface area contributed by atoms with Gasteiger partial charge in [0.05, 0.1) is 22.8 Å². The first-order chi connectivity index (χ1) is 9.10. The smallest absolute Gasteiger partial charge is 0.142 e. The van der Waals surface area contributed by atoms with Gasteiger partial charge in [-0.1, -0.05) is 18.0 Å². The molecule has 3 nitrogen and oxygen atoms in total. The first-order valence-electron chi connectivity index (χ1n) is 7.34. The highest BCUT2D eigenvalue weighted by Crippen LogP contribution is 2.48. The third-order valence-corrected chi connectivity index (χ3v) is 5.44. The lowest BCUT2D eigenvalue weighted by molar-refractivity contribution is -0.123. The lowest BCUT2D eigenvalue weighted by Gasteiger charge is -2.20. The van der Waals surface area contributed by atoms with E-state index in [4.69, 9.17) is 11.6 Å². The predicted molar refractivity (Wildman–Crippen MR) is 75.3 cm³/mol. The molecule has 1 aromatic rings. The highest BCUT2D eigenvalue weighted by Gasteiger charge is 2.42. The summed E-state index contributed by atoms with van der Waals surface area (Å²) in [6.07, 6.45) is 5.43. The number of Topliss-reactive ketones (excluding diaryl/α,β-unsaturated/α-hetero) is 1. The van der Waals surface area contributed by atoms with Crippen LogP contribution in [-0.2, 0) is 17.8 Å². The van der Waals surface area contributed by atoms with Crippen LogP contribution in [0.4, 0.5) is 0 Å². The van der Waals surface area contributed by atoms with E-state index in [0.29, 0.717) is 23.1 Å². The van der Waals surface area contributed by atoms with Gasteiger partial charge in [0.2, 0.25) is 0 Å². The number of hydrogen-bond acceptors (Lipinski definition) is 2. The summed E-state index contributed by atoms with van der Waals surface area (Å²) in [7, 11) is 0. The summed E-state index contributed by atoms with van der Waals surface area (Å²) in [5.74, 6) is 2.13. The SMILES string of the molecule is CCn1nc(C)c(Cl)c1CC(=O)C1CC2CCC1C2. The van der Waals surface area contributed by atoms with Gasteiger partial charge in [-0.25, -0.2) is 0 Å². The molecule has 0 amide bonds. The highest BCUT2D eigenvalue weighted by atomic mass is 35.5. The number of nitrogens with zero attached hydrogens (tertiary/aromatic N) is 2. The van der Waals surface area contributed by atoms with E-state index in [2.05, 4.69) is 5.10 Å². The van der Waals surface area contributed by atoms with Crippen molar-refractivity contribution in [3.8, 4) is 0 Å². The minimum Gasteiger partial charge on any atom is -0.299 e. The first-order valence-corrected chi connectivity index (χ1v) is 7.72. The molecular formula is C15H21ClN2O. The Morgan fingerprint density at radius 3 is 2.79 bits per heavy atom. The predicted octanol–water partition coefficient (Wildman–Crippen LogP) is 3.41. The van der Waals surface area contributed by atoms with Crippen molar-refractivity contribution in [3.05, 3.63) is 16.4 Å². The summed E-state index contributed by atoms with van der Waals surface area (Å²) in [6, 6.07) is 0. The van der Waals surface area contributed by atoms with E-state index in [1.165, 1.54) is 19.3 Å². The van der Waals surface area contributed by atoms with E-state index in [1.54, 1.807) is 0 Å². The summed E-state index contributed by atoms with van der Waals surface area (Å²) >= 11 is 6.29. The van der Waals surface area contributed by atoms with Crippen LogP contribution in [0.15, 0.2) is 0 Å². The van der Waals surface area contributed by atoms with Crippen LogP contribution in [-0.4, -0.2) is 15.6 Å². The molecule has 2 aliphatic carbocycles. The Labute approximate surface area is 119 Å². The van der Waals surface area contributed by atoms with Gasteiger partial charge in [0, 0.05) is 12.5 Å². The van der Waals surface area contributed by atoms with E-state index in [9.17, 15) is 4.79 Å². The number of ketones is 1. The van der Waals surface area contributed by atoms with Crippen LogP contribution in [0.25, 0.3) is 0 Å². The topological polar surface area (TPSA) is 34.9 Å². The molecule has 0 aromatic carbocycles. The zero-order valence-corrected chi connectivity index (χ0v) is 12.4. The van der Waals surface area contributed by atoms with Crippen molar-refractivity contribution in [2.75, 3.05) is 0 Å². The molecular weight excluding hydrogens is 260 g/mol. The molecule has 4 heteroatoms. The molecule has 2 fully saturated rings. The highest BCUT2D eigenvalue weighted by molar-refractivity contribution is 6.32. The van der Waals surface area contributed by atoms with Gasteiger partial charge in [-0.15, -0.1) is 0 Å². The van der Waals surface area contributed by atoms with E-state index >= 15 is 0 Å². The van der Waals surface area contributed by atoms with Crippen molar-refractivity contribution in [2.24, 2.45) is 17.8 Å². The molecule has 1 heterocycles. The fourth-order valence-corrected chi connectivity index (χ4v) is 4.18. The number of aromatic nitrogens is 2. The van der Waals surface area contributed by atoms with Crippen molar-refractivity contribution in [1.82, 2.24) is 9.78 Å². The molecule has 104 valence electrons. The summed E-state index contributed by atoms with van der Waals surface area (Å²) in [5, 5.41) is 5.07. The Morgan fingerprint density at radius 1 is 1.42 bits per heavy atom. The number of aryl methyl sites for hydroxylation is 2. The normalized spacial score (nSPS) is 29.1. The van der Waals surface area contributed by atoms with Gasteiger partial charge >= 0.3 is 0 Å². The molecule has 19 heavy (non-hydrogen) atoms. The van der Waals surface area contributed by atoms with Gasteiger partial charge < -0.3 is 0 Å². The van der Waals surface area contributed by atoms with Crippen molar-refractivity contribution in [1.29, 1.82) is 0 Å². The van der Waals surface area contributed by atoms with Crippen molar-refractivity contribution in [3.63, 3.8) is 0 Å². The third kappa shape index (κ3) is 2.22. The second-order valence-electron chi connectivity index (χ2n) is 6.09. The number of halogens is 1. The van der Waals surface area contributed by atoms with E-state index in [1.807, 2.05) is 18.5 Å². The quantitative estimate of drug-likeness (QED) is 0.847. The zero-order chi connectivity index (χ0) is 13.6. The molecule has 3 atom stereocenters. The Balaban J connectivity index is 1.76. The summed E-state index contributed by atoms with van der Waals surface area (Å²) < 4.78 is 1.88. The lowest BCUT2D eigenvalue weighted by atomic mass is 9.84. The van der Waals surface area contributed by atoms with Gasteiger partial charge in [0.25, 0.3) is 0 Å². The Kier molecular flexibility index (Phi) is 3.42. The van der Waals surface area contributed by atoms with Crippen molar-refractivity contribution >= 4 is 17.4 Å². The molecule has 2 aliphatic rings. The number of hydrogen-bond donors (Lipinski definition) is 0. The third-order valence-electron chi connectivity index (χ3n) is 4.95. The first kappa shape index (κ1) is 13.2. The molecule has 0 spiro atoms. The minimum absolute atomic E-state index is 0.287. The molecule has 0 radical (unpaired) electrons. The zero-order valence-electron chi connectivity index (χ0n) is 11.7. The van der Waals surface area contributed by atoms with E-state index < -0.39 is 0 Å². The second-order valence-corrected chi connectivity index (χ2v) is 6.46. The molecule has 1 aromatic heterocycles. The van der Waals surface area contributed by atoms with Gasteiger partial charge in [-0.3, -0.25) is 9.48 Å². The standard InChI is InChI=1S/C15H21ClN2O/c1-3-18-13(15(16)9(2)17-18)8-14(19)12-7-10-4-5-11(12)6-10/h10-12H,3-8H2,1-2H3. The fraction of sp³-hybridized carbons (Fsp3) is 0.733. The molecule has 0 saturated heterocycles. The molecule has 3 rings (SSSR count). The van der Waals surface area contributed by atoms with Crippen molar-refractivity contribution in [2.45, 2.75) is 52.5 Å². The van der Waals surface area contributed by atoms with Crippen LogP contribution in [0.2, 0.25) is 5.02 Å².